The summed E-state index contributed by atoms with van der Waals surface area (Å²) in [5.74, 6) is -0.463. The average molecular weight is 426 g/mol. The van der Waals surface area contributed by atoms with Gasteiger partial charge in [0.05, 0.1) is 11.5 Å². The zero-order valence-corrected chi connectivity index (χ0v) is 18.0. The van der Waals surface area contributed by atoms with Crippen LogP contribution in [0.25, 0.3) is 0 Å². The van der Waals surface area contributed by atoms with Crippen molar-refractivity contribution in [1.82, 2.24) is 10.3 Å². The predicted octanol–water partition coefficient (Wildman–Crippen LogP) is 4.84. The number of rotatable bonds is 4. The first kappa shape index (κ1) is 20.4. The van der Waals surface area contributed by atoms with E-state index in [9.17, 15) is 9.59 Å². The highest BCUT2D eigenvalue weighted by atomic mass is 16.2. The molecule has 0 bridgehead atoms. The quantitative estimate of drug-likeness (QED) is 0.650. The number of fused-ring (bicyclic) bond motifs is 1. The Morgan fingerprint density at radius 3 is 2.47 bits per heavy atom. The Morgan fingerprint density at radius 2 is 1.72 bits per heavy atom. The van der Waals surface area contributed by atoms with E-state index in [0.717, 1.165) is 48.9 Å². The molecule has 0 unspecified atom stereocenters. The maximum absolute atomic E-state index is 13.8. The molecule has 5 heteroatoms. The molecule has 1 aliphatic carbocycles. The molecule has 1 N–H and O–H groups in total. The number of nitrogens with one attached hydrogen (secondary N) is 1. The number of hydrogen-bond donors (Lipinski definition) is 1. The van der Waals surface area contributed by atoms with Crippen LogP contribution in [0.1, 0.15) is 59.5 Å². The Balaban J connectivity index is 1.61. The fourth-order valence-corrected chi connectivity index (χ4v) is 5.49. The fraction of sp³-hybridized carbons (Fsp3) is 0.296. The molecule has 1 spiro atoms. The molecule has 1 saturated carbocycles. The van der Waals surface area contributed by atoms with Gasteiger partial charge >= 0.3 is 0 Å². The van der Waals surface area contributed by atoms with Gasteiger partial charge in [0.2, 0.25) is 5.91 Å². The van der Waals surface area contributed by atoms with E-state index >= 15 is 0 Å². The van der Waals surface area contributed by atoms with E-state index in [4.69, 9.17) is 0 Å². The van der Waals surface area contributed by atoms with Crippen molar-refractivity contribution in [3.05, 3.63) is 95.8 Å². The molecule has 1 aromatic heterocycles. The molecule has 0 saturated heterocycles. The zero-order valence-electron chi connectivity index (χ0n) is 18.0. The highest BCUT2D eigenvalue weighted by Gasteiger charge is 2.55. The number of anilines is 1. The number of carbonyl (C=O) groups excluding carboxylic acids is 2. The smallest absolute Gasteiger partial charge is 0.259 e. The van der Waals surface area contributed by atoms with Crippen molar-refractivity contribution >= 4 is 17.5 Å². The van der Waals surface area contributed by atoms with Crippen molar-refractivity contribution in [2.75, 3.05) is 4.90 Å². The summed E-state index contributed by atoms with van der Waals surface area (Å²) in [6, 6.07) is 21.3. The van der Waals surface area contributed by atoms with Crippen molar-refractivity contribution < 1.29 is 9.59 Å². The summed E-state index contributed by atoms with van der Waals surface area (Å²) in [6.07, 6.45) is 8.26. The van der Waals surface area contributed by atoms with Crippen LogP contribution >= 0.6 is 0 Å². The molecule has 2 amide bonds. The van der Waals surface area contributed by atoms with Gasteiger partial charge in [0.25, 0.3) is 5.91 Å². The van der Waals surface area contributed by atoms with E-state index in [0.29, 0.717) is 12.1 Å². The van der Waals surface area contributed by atoms with Gasteiger partial charge in [0.15, 0.2) is 0 Å². The number of benzene rings is 2. The lowest BCUT2D eigenvalue weighted by Gasteiger charge is -2.53. The van der Waals surface area contributed by atoms with Crippen LogP contribution in [-0.2, 0) is 11.3 Å². The van der Waals surface area contributed by atoms with Crippen LogP contribution in [0.2, 0.25) is 0 Å². The van der Waals surface area contributed by atoms with Crippen LogP contribution in [-0.4, -0.2) is 22.3 Å². The molecule has 0 radical (unpaired) electrons. The van der Waals surface area contributed by atoms with Crippen LogP contribution in [0.3, 0.4) is 0 Å². The van der Waals surface area contributed by atoms with Gasteiger partial charge in [-0.05, 0) is 48.2 Å². The van der Waals surface area contributed by atoms with Gasteiger partial charge in [-0.15, -0.1) is 0 Å². The monoisotopic (exact) mass is 425 g/mol. The van der Waals surface area contributed by atoms with Crippen LogP contribution in [0.5, 0.6) is 0 Å². The standard InChI is InChI=1S/C27H27N3O2/c31-25(29-19-20-10-9-17-28-18-20)24-22-13-5-6-14-23(22)26(32)30(21-11-3-1-4-12-21)27(24)15-7-2-8-16-27/h1,3-6,9-14,17-18,24H,2,7-8,15-16,19H2,(H,29,31)/t24-/m0/s1. The molecular formula is C27H27N3O2. The van der Waals surface area contributed by atoms with Crippen LogP contribution < -0.4 is 10.2 Å². The minimum absolute atomic E-state index is 0.00925. The Hall–Kier alpha value is -3.47. The van der Waals surface area contributed by atoms with Gasteiger partial charge in [0, 0.05) is 30.2 Å². The molecule has 1 fully saturated rings. The van der Waals surface area contributed by atoms with E-state index in [1.807, 2.05) is 71.6 Å². The molecule has 5 rings (SSSR count). The summed E-state index contributed by atoms with van der Waals surface area (Å²) in [7, 11) is 0. The molecule has 1 atom stereocenters. The van der Waals surface area contributed by atoms with Crippen molar-refractivity contribution in [3.8, 4) is 0 Å². The summed E-state index contributed by atoms with van der Waals surface area (Å²) in [5.41, 5.74) is 2.71. The normalized spacial score (nSPS) is 19.4. The second kappa shape index (κ2) is 8.58. The number of hydrogen-bond acceptors (Lipinski definition) is 3. The number of aromatic nitrogens is 1. The lowest BCUT2D eigenvalue weighted by atomic mass is 9.65. The topological polar surface area (TPSA) is 62.3 Å². The molecule has 162 valence electrons. The predicted molar refractivity (Wildman–Crippen MR) is 124 cm³/mol. The first-order chi connectivity index (χ1) is 15.7. The second-order valence-electron chi connectivity index (χ2n) is 8.74. The molecule has 2 heterocycles. The number of para-hydroxylation sites is 1. The molecule has 2 aliphatic rings. The van der Waals surface area contributed by atoms with E-state index < -0.39 is 11.5 Å². The van der Waals surface area contributed by atoms with E-state index in [-0.39, 0.29) is 11.8 Å². The zero-order chi connectivity index (χ0) is 22.0. The Bertz CT molecular complexity index is 1110. The summed E-state index contributed by atoms with van der Waals surface area (Å²) in [6.45, 7) is 0.417. The lowest BCUT2D eigenvalue weighted by molar-refractivity contribution is -0.124. The first-order valence-corrected chi connectivity index (χ1v) is 11.4. The molecule has 3 aromatic rings. The van der Waals surface area contributed by atoms with Crippen LogP contribution in [0, 0.1) is 0 Å². The SMILES string of the molecule is O=C(NCc1cccnc1)[C@@H]1c2ccccc2C(=O)N(c2ccccc2)C12CCCCC2. The minimum atomic E-state index is -0.565. The summed E-state index contributed by atoms with van der Waals surface area (Å²) in [4.78, 5) is 33.7. The molecular weight excluding hydrogens is 398 g/mol. The van der Waals surface area contributed by atoms with Gasteiger partial charge in [-0.25, -0.2) is 0 Å². The Labute approximate surface area is 188 Å². The number of amides is 2. The highest BCUT2D eigenvalue weighted by molar-refractivity contribution is 6.12. The van der Waals surface area contributed by atoms with Gasteiger partial charge in [-0.3, -0.25) is 14.6 Å². The van der Waals surface area contributed by atoms with Crippen LogP contribution in [0.4, 0.5) is 5.69 Å². The van der Waals surface area contributed by atoms with Crippen LogP contribution in [0.15, 0.2) is 79.1 Å². The largest absolute Gasteiger partial charge is 0.351 e. The number of pyridine rings is 1. The molecule has 2 aromatic carbocycles. The van der Waals surface area contributed by atoms with E-state index in [2.05, 4.69) is 10.3 Å². The van der Waals surface area contributed by atoms with Crippen molar-refractivity contribution in [1.29, 1.82) is 0 Å². The first-order valence-electron chi connectivity index (χ1n) is 11.4. The third-order valence-electron chi connectivity index (χ3n) is 6.87. The molecule has 5 nitrogen and oxygen atoms in total. The Kier molecular flexibility index (Phi) is 5.48. The third-order valence-corrected chi connectivity index (χ3v) is 6.87. The summed E-state index contributed by atoms with van der Waals surface area (Å²) in [5, 5.41) is 3.15. The maximum atomic E-state index is 13.8. The molecule has 32 heavy (non-hydrogen) atoms. The third kappa shape index (κ3) is 3.48. The van der Waals surface area contributed by atoms with Gasteiger partial charge in [0.1, 0.15) is 0 Å². The summed E-state index contributed by atoms with van der Waals surface area (Å²) < 4.78 is 0. The minimum Gasteiger partial charge on any atom is -0.351 e. The second-order valence-corrected chi connectivity index (χ2v) is 8.74. The van der Waals surface area contributed by atoms with Crippen molar-refractivity contribution in [3.63, 3.8) is 0 Å². The number of carbonyl (C=O) groups is 2. The Morgan fingerprint density at radius 1 is 0.969 bits per heavy atom. The van der Waals surface area contributed by atoms with E-state index in [1.54, 1.807) is 12.4 Å². The van der Waals surface area contributed by atoms with Crippen molar-refractivity contribution in [2.24, 2.45) is 0 Å². The highest BCUT2D eigenvalue weighted by Crippen LogP contribution is 2.50. The molecule has 1 aliphatic heterocycles. The lowest BCUT2D eigenvalue weighted by Crippen LogP contribution is -2.63. The fourth-order valence-electron chi connectivity index (χ4n) is 5.49. The van der Waals surface area contributed by atoms with Crippen molar-refractivity contribution in [2.45, 2.75) is 50.1 Å². The summed E-state index contributed by atoms with van der Waals surface area (Å²) >= 11 is 0. The van der Waals surface area contributed by atoms with Gasteiger partial charge in [-0.1, -0.05) is 61.7 Å². The van der Waals surface area contributed by atoms with E-state index in [1.165, 1.54) is 0 Å². The average Bonchev–Trinajstić information content (AvgIpc) is 2.85. The maximum Gasteiger partial charge on any atom is 0.259 e. The number of nitrogens with zero attached hydrogens (tertiary/aromatic N) is 2. The van der Waals surface area contributed by atoms with Gasteiger partial charge in [-0.2, -0.15) is 0 Å². The van der Waals surface area contributed by atoms with Gasteiger partial charge < -0.3 is 10.2 Å².